The lowest BCUT2D eigenvalue weighted by Crippen LogP contribution is -2.41. The summed E-state index contributed by atoms with van der Waals surface area (Å²) < 4.78 is 7.34. The number of ether oxygens (including phenoxy) is 1. The molecule has 2 heterocycles. The molecule has 1 aromatic heterocycles. The highest BCUT2D eigenvalue weighted by Gasteiger charge is 2.36. The van der Waals surface area contributed by atoms with E-state index in [9.17, 15) is 9.59 Å². The summed E-state index contributed by atoms with van der Waals surface area (Å²) in [4.78, 5) is 25.6. The Hall–Kier alpha value is -1.30. The number of hydrogen-bond donors (Lipinski definition) is 0. The Morgan fingerprint density at radius 3 is 2.78 bits per heavy atom. The molecule has 0 radical (unpaired) electrons. The molecule has 6 heteroatoms. The normalized spacial score (nSPS) is 19.1. The summed E-state index contributed by atoms with van der Waals surface area (Å²) in [6, 6.07) is 1.31. The summed E-state index contributed by atoms with van der Waals surface area (Å²) in [5, 5.41) is 0. The fourth-order valence-corrected chi connectivity index (χ4v) is 2.80. The molecule has 1 aliphatic heterocycles. The van der Waals surface area contributed by atoms with Crippen LogP contribution in [-0.2, 0) is 16.6 Å². The van der Waals surface area contributed by atoms with Crippen LogP contribution in [0.4, 0.5) is 0 Å². The van der Waals surface area contributed by atoms with Crippen molar-refractivity contribution in [1.82, 2.24) is 9.47 Å². The first-order chi connectivity index (χ1) is 8.54. The van der Waals surface area contributed by atoms with Crippen LogP contribution in [-0.4, -0.2) is 41.0 Å². The predicted molar refractivity (Wildman–Crippen MR) is 69.2 cm³/mol. The third-order valence-electron chi connectivity index (χ3n) is 3.18. The largest absolute Gasteiger partial charge is 0.467 e. The Bertz CT molecular complexity index is 484. The molecule has 0 aliphatic carbocycles. The van der Waals surface area contributed by atoms with Crippen molar-refractivity contribution in [3.63, 3.8) is 0 Å². The average Bonchev–Trinajstić information content (AvgIpc) is 2.94. The Morgan fingerprint density at radius 2 is 2.22 bits per heavy atom. The molecular weight excluding hydrogens is 300 g/mol. The summed E-state index contributed by atoms with van der Waals surface area (Å²) in [5.74, 6) is -0.467. The molecular formula is C12H15BrN2O3. The molecule has 2 rings (SSSR count). The summed E-state index contributed by atoms with van der Waals surface area (Å²) >= 11 is 3.33. The fraction of sp³-hybridized carbons (Fsp3) is 0.500. The highest BCUT2D eigenvalue weighted by Crippen LogP contribution is 2.23. The SMILES string of the molecule is COC(=O)C1CCCN1C(=O)c1cc(Br)cn1C. The smallest absolute Gasteiger partial charge is 0.328 e. The van der Waals surface area contributed by atoms with Crippen molar-refractivity contribution in [2.24, 2.45) is 7.05 Å². The van der Waals surface area contributed by atoms with Gasteiger partial charge < -0.3 is 14.2 Å². The third-order valence-corrected chi connectivity index (χ3v) is 3.61. The molecule has 0 aromatic carbocycles. The van der Waals surface area contributed by atoms with Crippen LogP contribution in [0.3, 0.4) is 0 Å². The van der Waals surface area contributed by atoms with Crippen LogP contribution in [0.25, 0.3) is 0 Å². The number of nitrogens with zero attached hydrogens (tertiary/aromatic N) is 2. The van der Waals surface area contributed by atoms with Crippen molar-refractivity contribution in [1.29, 1.82) is 0 Å². The number of carbonyl (C=O) groups excluding carboxylic acids is 2. The van der Waals surface area contributed by atoms with Gasteiger partial charge in [0, 0.05) is 24.3 Å². The number of aryl methyl sites for hydroxylation is 1. The molecule has 0 spiro atoms. The van der Waals surface area contributed by atoms with Crippen LogP contribution in [0.2, 0.25) is 0 Å². The van der Waals surface area contributed by atoms with E-state index in [1.807, 2.05) is 6.20 Å². The quantitative estimate of drug-likeness (QED) is 0.779. The monoisotopic (exact) mass is 314 g/mol. The Kier molecular flexibility index (Phi) is 3.75. The minimum absolute atomic E-state index is 0.129. The highest BCUT2D eigenvalue weighted by molar-refractivity contribution is 9.10. The number of amides is 1. The minimum atomic E-state index is -0.448. The van der Waals surface area contributed by atoms with Gasteiger partial charge in [0.1, 0.15) is 11.7 Å². The molecule has 98 valence electrons. The zero-order valence-electron chi connectivity index (χ0n) is 10.4. The highest BCUT2D eigenvalue weighted by atomic mass is 79.9. The third kappa shape index (κ3) is 2.29. The van der Waals surface area contributed by atoms with Crippen molar-refractivity contribution >= 4 is 27.8 Å². The van der Waals surface area contributed by atoms with Crippen LogP contribution < -0.4 is 0 Å². The molecule has 18 heavy (non-hydrogen) atoms. The fourth-order valence-electron chi connectivity index (χ4n) is 2.27. The molecule has 1 amide bonds. The van der Waals surface area contributed by atoms with Crippen molar-refractivity contribution < 1.29 is 14.3 Å². The maximum atomic E-state index is 12.4. The first-order valence-corrected chi connectivity index (χ1v) is 6.54. The van der Waals surface area contributed by atoms with Gasteiger partial charge in [-0.05, 0) is 34.8 Å². The van der Waals surface area contributed by atoms with E-state index in [2.05, 4.69) is 15.9 Å². The molecule has 0 bridgehead atoms. The lowest BCUT2D eigenvalue weighted by molar-refractivity contribution is -0.145. The van der Waals surface area contributed by atoms with Gasteiger partial charge in [-0.1, -0.05) is 0 Å². The lowest BCUT2D eigenvalue weighted by Gasteiger charge is -2.22. The lowest BCUT2D eigenvalue weighted by atomic mass is 10.2. The van der Waals surface area contributed by atoms with Crippen molar-refractivity contribution in [3.05, 3.63) is 22.4 Å². The van der Waals surface area contributed by atoms with E-state index in [0.717, 1.165) is 10.9 Å². The van der Waals surface area contributed by atoms with Gasteiger partial charge in [-0.15, -0.1) is 0 Å². The maximum absolute atomic E-state index is 12.4. The predicted octanol–water partition coefficient (Wildman–Crippen LogP) is 1.57. The number of rotatable bonds is 2. The molecule has 0 saturated carbocycles. The van der Waals surface area contributed by atoms with Gasteiger partial charge in [-0.25, -0.2) is 4.79 Å². The van der Waals surface area contributed by atoms with E-state index < -0.39 is 6.04 Å². The number of hydrogen-bond acceptors (Lipinski definition) is 3. The maximum Gasteiger partial charge on any atom is 0.328 e. The molecule has 1 saturated heterocycles. The minimum Gasteiger partial charge on any atom is -0.467 e. The number of likely N-dealkylation sites (tertiary alicyclic amines) is 1. The van der Waals surface area contributed by atoms with Gasteiger partial charge in [0.05, 0.1) is 7.11 Å². The molecule has 1 atom stereocenters. The summed E-state index contributed by atoms with van der Waals surface area (Å²) in [5.41, 5.74) is 0.567. The molecule has 5 nitrogen and oxygen atoms in total. The van der Waals surface area contributed by atoms with E-state index in [4.69, 9.17) is 4.74 Å². The molecule has 1 aliphatic rings. The molecule has 1 unspecified atom stereocenters. The standard InChI is InChI=1S/C12H15BrN2O3/c1-14-7-8(13)6-10(14)11(16)15-5-3-4-9(15)12(17)18-2/h6-7,9H,3-5H2,1-2H3. The molecule has 1 fully saturated rings. The average molecular weight is 315 g/mol. The van der Waals surface area contributed by atoms with Crippen LogP contribution in [0.1, 0.15) is 23.3 Å². The summed E-state index contributed by atoms with van der Waals surface area (Å²) in [7, 11) is 3.16. The number of methoxy groups -OCH3 is 1. The Morgan fingerprint density at radius 1 is 1.50 bits per heavy atom. The van der Waals surface area contributed by atoms with Gasteiger partial charge in [-0.3, -0.25) is 4.79 Å². The van der Waals surface area contributed by atoms with Gasteiger partial charge in [0.25, 0.3) is 5.91 Å². The Labute approximate surface area is 114 Å². The van der Waals surface area contributed by atoms with Gasteiger partial charge in [0.15, 0.2) is 0 Å². The number of esters is 1. The number of carbonyl (C=O) groups is 2. The van der Waals surface area contributed by atoms with Crippen LogP contribution in [0.5, 0.6) is 0 Å². The molecule has 0 N–H and O–H groups in total. The van der Waals surface area contributed by atoms with Crippen LogP contribution >= 0.6 is 15.9 Å². The zero-order chi connectivity index (χ0) is 13.3. The summed E-state index contributed by atoms with van der Waals surface area (Å²) in [6.07, 6.45) is 3.32. The summed E-state index contributed by atoms with van der Waals surface area (Å²) in [6.45, 7) is 0.599. The number of halogens is 1. The topological polar surface area (TPSA) is 51.5 Å². The molecule has 1 aromatic rings. The second kappa shape index (κ2) is 5.14. The van der Waals surface area contributed by atoms with Gasteiger partial charge in [0.2, 0.25) is 0 Å². The second-order valence-electron chi connectivity index (χ2n) is 4.33. The van der Waals surface area contributed by atoms with Crippen molar-refractivity contribution in [3.8, 4) is 0 Å². The van der Waals surface area contributed by atoms with Crippen molar-refractivity contribution in [2.75, 3.05) is 13.7 Å². The first kappa shape index (κ1) is 13.1. The number of aromatic nitrogens is 1. The van der Waals surface area contributed by atoms with Crippen molar-refractivity contribution in [2.45, 2.75) is 18.9 Å². The van der Waals surface area contributed by atoms with E-state index >= 15 is 0 Å². The van der Waals surface area contributed by atoms with Gasteiger partial charge in [-0.2, -0.15) is 0 Å². The second-order valence-corrected chi connectivity index (χ2v) is 5.25. The van der Waals surface area contributed by atoms with E-state index in [-0.39, 0.29) is 11.9 Å². The zero-order valence-corrected chi connectivity index (χ0v) is 11.9. The van der Waals surface area contributed by atoms with Gasteiger partial charge >= 0.3 is 5.97 Å². The van der Waals surface area contributed by atoms with E-state index in [1.54, 1.807) is 22.6 Å². The van der Waals surface area contributed by atoms with E-state index in [1.165, 1.54) is 7.11 Å². The van der Waals surface area contributed by atoms with E-state index in [0.29, 0.717) is 18.7 Å². The Balaban J connectivity index is 2.23. The first-order valence-electron chi connectivity index (χ1n) is 5.75. The van der Waals surface area contributed by atoms with Crippen LogP contribution in [0.15, 0.2) is 16.7 Å². The van der Waals surface area contributed by atoms with Crippen LogP contribution in [0, 0.1) is 0 Å².